The van der Waals surface area contributed by atoms with Crippen LogP contribution in [0, 0.1) is 10.1 Å². The van der Waals surface area contributed by atoms with Crippen LogP contribution in [0.25, 0.3) is 0 Å². The molecule has 0 heterocycles. The minimum atomic E-state index is -3.79. The lowest BCUT2D eigenvalue weighted by molar-refractivity contribution is -0.384. The van der Waals surface area contributed by atoms with E-state index in [0.717, 1.165) is 18.2 Å². The number of nitro groups is 1. The van der Waals surface area contributed by atoms with Gasteiger partial charge < -0.3 is 5.11 Å². The minimum Gasteiger partial charge on any atom is -0.396 e. The van der Waals surface area contributed by atoms with Gasteiger partial charge >= 0.3 is 0 Å². The minimum absolute atomic E-state index is 0.0704. The number of nitrogens with zero attached hydrogens (tertiary/aromatic N) is 1. The van der Waals surface area contributed by atoms with Gasteiger partial charge in [0.05, 0.1) is 9.95 Å². The van der Waals surface area contributed by atoms with Crippen molar-refractivity contribution in [2.45, 2.75) is 24.2 Å². The number of benzene rings is 1. The molecule has 0 radical (unpaired) electrons. The quantitative estimate of drug-likeness (QED) is 0.430. The maximum Gasteiger partial charge on any atom is 0.271 e. The summed E-state index contributed by atoms with van der Waals surface area (Å²) in [6.07, 6.45) is 1.90. The Bertz CT molecular complexity index is 576. The number of non-ortho nitro benzene ring substituents is 1. The predicted octanol–water partition coefficient (Wildman–Crippen LogP) is 1.69. The Morgan fingerprint density at radius 1 is 1.30 bits per heavy atom. The van der Waals surface area contributed by atoms with E-state index < -0.39 is 14.9 Å². The molecule has 0 fully saturated rings. The number of aliphatic hydroxyl groups excluding tert-OH is 1. The van der Waals surface area contributed by atoms with Crippen molar-refractivity contribution >= 4 is 27.3 Å². The average molecular weight is 323 g/mol. The lowest BCUT2D eigenvalue weighted by Crippen LogP contribution is -2.25. The lowest BCUT2D eigenvalue weighted by Gasteiger charge is -2.08. The summed E-state index contributed by atoms with van der Waals surface area (Å²) < 4.78 is 26.3. The molecule has 0 aliphatic carbocycles. The first-order valence-corrected chi connectivity index (χ1v) is 7.79. The van der Waals surface area contributed by atoms with Crippen molar-refractivity contribution in [3.8, 4) is 0 Å². The van der Waals surface area contributed by atoms with E-state index in [0.29, 0.717) is 19.3 Å². The number of halogens is 1. The molecule has 0 aliphatic rings. The van der Waals surface area contributed by atoms with Gasteiger partial charge in [-0.1, -0.05) is 11.6 Å². The second kappa shape index (κ2) is 7.53. The highest BCUT2D eigenvalue weighted by molar-refractivity contribution is 7.89. The topological polar surface area (TPSA) is 110 Å². The number of hydrogen-bond acceptors (Lipinski definition) is 5. The van der Waals surface area contributed by atoms with E-state index in [4.69, 9.17) is 16.7 Å². The molecule has 1 rings (SSSR count). The molecule has 0 spiro atoms. The van der Waals surface area contributed by atoms with Crippen molar-refractivity contribution < 1.29 is 18.4 Å². The summed E-state index contributed by atoms with van der Waals surface area (Å²) in [7, 11) is -3.79. The first-order valence-electron chi connectivity index (χ1n) is 5.93. The molecule has 0 bridgehead atoms. The highest BCUT2D eigenvalue weighted by Crippen LogP contribution is 2.25. The molecule has 0 amide bonds. The van der Waals surface area contributed by atoms with Crippen LogP contribution < -0.4 is 4.72 Å². The molecule has 0 atom stereocenters. The van der Waals surface area contributed by atoms with Crippen molar-refractivity contribution in [3.05, 3.63) is 33.3 Å². The van der Waals surface area contributed by atoms with Gasteiger partial charge in [-0.05, 0) is 25.3 Å². The monoisotopic (exact) mass is 322 g/mol. The summed E-state index contributed by atoms with van der Waals surface area (Å²) in [5.41, 5.74) is -0.267. The summed E-state index contributed by atoms with van der Waals surface area (Å²) >= 11 is 5.76. The van der Waals surface area contributed by atoms with Crippen molar-refractivity contribution in [3.63, 3.8) is 0 Å². The predicted molar refractivity (Wildman–Crippen MR) is 74.2 cm³/mol. The van der Waals surface area contributed by atoms with Crippen LogP contribution in [0.15, 0.2) is 23.1 Å². The molecule has 112 valence electrons. The highest BCUT2D eigenvalue weighted by Gasteiger charge is 2.19. The molecule has 1 aromatic rings. The third-order valence-corrected chi connectivity index (χ3v) is 4.49. The molecular formula is C11H15ClN2O5S. The van der Waals surface area contributed by atoms with Crippen LogP contribution in [0.1, 0.15) is 19.3 Å². The lowest BCUT2D eigenvalue weighted by atomic mass is 10.2. The van der Waals surface area contributed by atoms with Gasteiger partial charge in [0.2, 0.25) is 10.0 Å². The number of aliphatic hydroxyl groups is 1. The number of rotatable bonds is 8. The molecule has 20 heavy (non-hydrogen) atoms. The van der Waals surface area contributed by atoms with Gasteiger partial charge in [0, 0.05) is 25.3 Å². The van der Waals surface area contributed by atoms with Crippen molar-refractivity contribution in [2.24, 2.45) is 0 Å². The molecule has 2 N–H and O–H groups in total. The first-order chi connectivity index (χ1) is 9.38. The Balaban J connectivity index is 2.75. The van der Waals surface area contributed by atoms with Gasteiger partial charge in [-0.15, -0.1) is 0 Å². The van der Waals surface area contributed by atoms with E-state index in [1.165, 1.54) is 0 Å². The Morgan fingerprint density at radius 2 is 2.00 bits per heavy atom. The van der Waals surface area contributed by atoms with Crippen LogP contribution >= 0.6 is 11.6 Å². The van der Waals surface area contributed by atoms with E-state index in [2.05, 4.69) is 4.72 Å². The third kappa shape index (κ3) is 4.71. The summed E-state index contributed by atoms with van der Waals surface area (Å²) in [5.74, 6) is 0. The SMILES string of the molecule is O=[N+]([O-])c1ccc(S(=O)(=O)NCCCCCO)c(Cl)c1. The van der Waals surface area contributed by atoms with E-state index in [9.17, 15) is 18.5 Å². The van der Waals surface area contributed by atoms with E-state index in [-0.39, 0.29) is 28.8 Å². The first kappa shape index (κ1) is 16.8. The Labute approximate surface area is 121 Å². The van der Waals surface area contributed by atoms with Crippen LogP contribution in [0.3, 0.4) is 0 Å². The van der Waals surface area contributed by atoms with E-state index in [1.807, 2.05) is 0 Å². The Kier molecular flexibility index (Phi) is 6.34. The average Bonchev–Trinajstić information content (AvgIpc) is 2.37. The molecule has 0 saturated carbocycles. The fourth-order valence-electron chi connectivity index (χ4n) is 1.52. The van der Waals surface area contributed by atoms with Crippen LogP contribution in [0.4, 0.5) is 5.69 Å². The highest BCUT2D eigenvalue weighted by atomic mass is 35.5. The van der Waals surface area contributed by atoms with E-state index >= 15 is 0 Å². The second-order valence-electron chi connectivity index (χ2n) is 4.05. The molecule has 7 nitrogen and oxygen atoms in total. The summed E-state index contributed by atoms with van der Waals surface area (Å²) in [5, 5.41) is 19.0. The molecule has 0 unspecified atom stereocenters. The van der Waals surface area contributed by atoms with E-state index in [1.54, 1.807) is 0 Å². The second-order valence-corrected chi connectivity index (χ2v) is 6.20. The maximum absolute atomic E-state index is 12.0. The molecule has 0 aromatic heterocycles. The van der Waals surface area contributed by atoms with Crippen molar-refractivity contribution in [2.75, 3.05) is 13.2 Å². The number of hydrogen-bond donors (Lipinski definition) is 2. The van der Waals surface area contributed by atoms with Crippen LogP contribution in [-0.2, 0) is 10.0 Å². The summed E-state index contributed by atoms with van der Waals surface area (Å²) in [6.45, 7) is 0.288. The van der Waals surface area contributed by atoms with Crippen molar-refractivity contribution in [1.29, 1.82) is 0 Å². The largest absolute Gasteiger partial charge is 0.396 e. The number of nitrogens with one attached hydrogen (secondary N) is 1. The van der Waals surface area contributed by atoms with Crippen LogP contribution in [0.2, 0.25) is 5.02 Å². The van der Waals surface area contributed by atoms with Gasteiger partial charge in [0.25, 0.3) is 5.69 Å². The molecule has 0 aliphatic heterocycles. The zero-order valence-electron chi connectivity index (χ0n) is 10.6. The smallest absolute Gasteiger partial charge is 0.271 e. The number of nitro benzene ring substituents is 1. The Hall–Kier alpha value is -1.22. The molecular weight excluding hydrogens is 308 g/mol. The summed E-state index contributed by atoms with van der Waals surface area (Å²) in [6, 6.07) is 3.20. The van der Waals surface area contributed by atoms with Gasteiger partial charge in [-0.25, -0.2) is 13.1 Å². The standard InChI is InChI=1S/C11H15ClN2O5S/c12-10-8-9(14(16)17)4-5-11(10)20(18,19)13-6-2-1-3-7-15/h4-5,8,13,15H,1-3,6-7H2. The summed E-state index contributed by atoms with van der Waals surface area (Å²) in [4.78, 5) is 9.71. The molecule has 1 aromatic carbocycles. The fourth-order valence-corrected chi connectivity index (χ4v) is 3.13. The normalized spacial score (nSPS) is 11.5. The van der Waals surface area contributed by atoms with Gasteiger partial charge in [-0.3, -0.25) is 10.1 Å². The molecule has 0 saturated heterocycles. The molecule has 9 heteroatoms. The Morgan fingerprint density at radius 3 is 2.55 bits per heavy atom. The number of sulfonamides is 1. The van der Waals surface area contributed by atoms with Gasteiger partial charge in [0.15, 0.2) is 0 Å². The zero-order chi connectivity index (χ0) is 15.2. The third-order valence-electron chi connectivity index (χ3n) is 2.54. The van der Waals surface area contributed by atoms with Crippen molar-refractivity contribution in [1.82, 2.24) is 4.72 Å². The van der Waals surface area contributed by atoms with Gasteiger partial charge in [-0.2, -0.15) is 0 Å². The number of unbranched alkanes of at least 4 members (excludes halogenated alkanes) is 2. The maximum atomic E-state index is 12.0. The van der Waals surface area contributed by atoms with Crippen LogP contribution in [0.5, 0.6) is 0 Å². The van der Waals surface area contributed by atoms with Gasteiger partial charge in [0.1, 0.15) is 4.90 Å². The fraction of sp³-hybridized carbons (Fsp3) is 0.455. The van der Waals surface area contributed by atoms with Crippen LogP contribution in [-0.4, -0.2) is 31.6 Å². The zero-order valence-corrected chi connectivity index (χ0v) is 12.2.